The lowest BCUT2D eigenvalue weighted by atomic mass is 9.78. The van der Waals surface area contributed by atoms with E-state index in [0.29, 0.717) is 30.1 Å². The van der Waals surface area contributed by atoms with Crippen molar-refractivity contribution in [2.24, 2.45) is 24.8 Å². The van der Waals surface area contributed by atoms with Crippen LogP contribution in [-0.4, -0.2) is 25.6 Å². The second-order valence-corrected chi connectivity index (χ2v) is 9.21. The third-order valence-corrected chi connectivity index (χ3v) is 7.25. The number of nitrogens with zero attached hydrogens (tertiary/aromatic N) is 4. The van der Waals surface area contributed by atoms with Crippen LogP contribution in [0.15, 0.2) is 29.0 Å². The van der Waals surface area contributed by atoms with E-state index in [1.165, 1.54) is 4.88 Å². The van der Waals surface area contributed by atoms with Crippen molar-refractivity contribution >= 4 is 17.2 Å². The van der Waals surface area contributed by atoms with Crippen molar-refractivity contribution in [3.8, 4) is 10.7 Å². The molecule has 146 valence electrons. The largest absolute Gasteiger partial charge is 0.349 e. The molecule has 2 aliphatic rings. The first-order chi connectivity index (χ1) is 13.6. The number of rotatable bonds is 5. The first-order valence-corrected chi connectivity index (χ1v) is 10.6. The molecule has 2 bridgehead atoms. The van der Waals surface area contributed by atoms with Gasteiger partial charge in [0, 0.05) is 24.3 Å². The molecule has 3 aromatic heterocycles. The van der Waals surface area contributed by atoms with Crippen molar-refractivity contribution in [3.63, 3.8) is 0 Å². The average Bonchev–Trinajstić information content (AvgIpc) is 3.47. The minimum Gasteiger partial charge on any atom is -0.349 e. The van der Waals surface area contributed by atoms with Gasteiger partial charge in [0.15, 0.2) is 0 Å². The van der Waals surface area contributed by atoms with Crippen LogP contribution in [0.3, 0.4) is 0 Å². The van der Waals surface area contributed by atoms with Crippen LogP contribution in [0.5, 0.6) is 0 Å². The Kier molecular flexibility index (Phi) is 4.30. The van der Waals surface area contributed by atoms with Crippen molar-refractivity contribution in [2.75, 3.05) is 0 Å². The van der Waals surface area contributed by atoms with E-state index in [9.17, 15) is 4.79 Å². The van der Waals surface area contributed by atoms with E-state index >= 15 is 0 Å². The summed E-state index contributed by atoms with van der Waals surface area (Å²) < 4.78 is 7.59. The van der Waals surface area contributed by atoms with E-state index in [2.05, 4.69) is 33.4 Å². The van der Waals surface area contributed by atoms with Crippen LogP contribution < -0.4 is 5.32 Å². The van der Waals surface area contributed by atoms with Crippen molar-refractivity contribution in [2.45, 2.75) is 38.6 Å². The Hall–Kier alpha value is -2.48. The SMILES string of the molecule is Cc1ccc(-c2noc([C@H]3[C@@H]4CC[C@@H](C4)[C@@H]3C(=O)NCc3nccn3C)n2)s1. The van der Waals surface area contributed by atoms with Crippen molar-refractivity contribution in [1.29, 1.82) is 0 Å². The normalized spacial score (nSPS) is 26.1. The zero-order chi connectivity index (χ0) is 19.3. The maximum atomic E-state index is 13.1. The summed E-state index contributed by atoms with van der Waals surface area (Å²) in [7, 11) is 1.93. The molecule has 1 N–H and O–H groups in total. The molecule has 2 saturated carbocycles. The number of imidazole rings is 1. The first-order valence-electron chi connectivity index (χ1n) is 9.74. The number of aryl methyl sites for hydroxylation is 2. The fourth-order valence-corrected chi connectivity index (χ4v) is 5.69. The molecule has 0 radical (unpaired) electrons. The van der Waals surface area contributed by atoms with Gasteiger partial charge in [-0.2, -0.15) is 4.98 Å². The number of hydrogen-bond acceptors (Lipinski definition) is 6. The molecule has 8 heteroatoms. The van der Waals surface area contributed by atoms with Crippen LogP contribution in [0.1, 0.15) is 41.8 Å². The summed E-state index contributed by atoms with van der Waals surface area (Å²) in [6.45, 7) is 2.50. The lowest BCUT2D eigenvalue weighted by Gasteiger charge is -2.27. The molecule has 0 spiro atoms. The van der Waals surface area contributed by atoms with Crippen LogP contribution in [0, 0.1) is 24.7 Å². The predicted octanol–water partition coefficient (Wildman–Crippen LogP) is 3.29. The molecular weight excluding hydrogens is 374 g/mol. The molecule has 3 heterocycles. The Balaban J connectivity index is 1.36. The quantitative estimate of drug-likeness (QED) is 0.714. The summed E-state index contributed by atoms with van der Waals surface area (Å²) in [4.78, 5) is 24.3. The maximum Gasteiger partial charge on any atom is 0.231 e. The molecule has 4 atom stereocenters. The van der Waals surface area contributed by atoms with Gasteiger partial charge in [0.1, 0.15) is 5.82 Å². The van der Waals surface area contributed by atoms with E-state index in [4.69, 9.17) is 4.52 Å². The van der Waals surface area contributed by atoms with Crippen molar-refractivity contribution in [1.82, 2.24) is 25.0 Å². The highest BCUT2D eigenvalue weighted by Crippen LogP contribution is 2.56. The number of aromatic nitrogens is 4. The van der Waals surface area contributed by atoms with Gasteiger partial charge in [-0.25, -0.2) is 4.98 Å². The van der Waals surface area contributed by atoms with E-state index in [-0.39, 0.29) is 17.7 Å². The van der Waals surface area contributed by atoms with Gasteiger partial charge in [-0.1, -0.05) is 5.16 Å². The van der Waals surface area contributed by atoms with Gasteiger partial charge in [-0.15, -0.1) is 11.3 Å². The molecule has 0 aliphatic heterocycles. The van der Waals surface area contributed by atoms with Gasteiger partial charge in [0.05, 0.1) is 23.3 Å². The van der Waals surface area contributed by atoms with Crippen molar-refractivity contribution < 1.29 is 9.32 Å². The van der Waals surface area contributed by atoms with E-state index in [0.717, 1.165) is 30.0 Å². The molecular formula is C20H23N5O2S. The van der Waals surface area contributed by atoms with E-state index in [1.54, 1.807) is 17.5 Å². The molecule has 0 saturated heterocycles. The third kappa shape index (κ3) is 2.96. The van der Waals surface area contributed by atoms with Gasteiger partial charge in [-0.05, 0) is 50.2 Å². The molecule has 2 aliphatic carbocycles. The van der Waals surface area contributed by atoms with Gasteiger partial charge in [0.2, 0.25) is 17.6 Å². The highest BCUT2D eigenvalue weighted by Gasteiger charge is 2.53. The zero-order valence-electron chi connectivity index (χ0n) is 16.0. The molecule has 0 aromatic carbocycles. The second kappa shape index (κ2) is 6.84. The Labute approximate surface area is 167 Å². The zero-order valence-corrected chi connectivity index (χ0v) is 16.8. The Morgan fingerprint density at radius 3 is 2.96 bits per heavy atom. The average molecular weight is 398 g/mol. The van der Waals surface area contributed by atoms with Crippen LogP contribution in [0.25, 0.3) is 10.7 Å². The topological polar surface area (TPSA) is 85.8 Å². The van der Waals surface area contributed by atoms with Gasteiger partial charge < -0.3 is 14.4 Å². The fourth-order valence-electron chi connectivity index (χ4n) is 4.90. The number of hydrogen-bond donors (Lipinski definition) is 1. The minimum absolute atomic E-state index is 0.0161. The molecule has 2 fully saturated rings. The van der Waals surface area contributed by atoms with E-state index in [1.807, 2.05) is 23.9 Å². The monoisotopic (exact) mass is 397 g/mol. The highest BCUT2D eigenvalue weighted by molar-refractivity contribution is 7.15. The van der Waals surface area contributed by atoms with Crippen LogP contribution in [0.2, 0.25) is 0 Å². The smallest absolute Gasteiger partial charge is 0.231 e. The lowest BCUT2D eigenvalue weighted by molar-refractivity contribution is -0.127. The number of carbonyl (C=O) groups is 1. The van der Waals surface area contributed by atoms with Gasteiger partial charge in [0.25, 0.3) is 0 Å². The molecule has 3 aromatic rings. The summed E-state index contributed by atoms with van der Waals surface area (Å²) in [5.41, 5.74) is 0. The molecule has 1 amide bonds. The molecule has 5 rings (SSSR count). The summed E-state index contributed by atoms with van der Waals surface area (Å²) in [6, 6.07) is 4.08. The number of nitrogens with one attached hydrogen (secondary N) is 1. The minimum atomic E-state index is -0.0996. The predicted molar refractivity (Wildman–Crippen MR) is 104 cm³/mol. The highest BCUT2D eigenvalue weighted by atomic mass is 32.1. The fraction of sp³-hybridized carbons (Fsp3) is 0.500. The maximum absolute atomic E-state index is 13.1. The summed E-state index contributed by atoms with van der Waals surface area (Å²) in [5.74, 6) is 2.93. The molecule has 28 heavy (non-hydrogen) atoms. The Morgan fingerprint density at radius 2 is 2.21 bits per heavy atom. The number of fused-ring (bicyclic) bond motifs is 2. The number of amides is 1. The van der Waals surface area contributed by atoms with E-state index < -0.39 is 0 Å². The molecule has 7 nitrogen and oxygen atoms in total. The summed E-state index contributed by atoms with van der Waals surface area (Å²) >= 11 is 1.65. The summed E-state index contributed by atoms with van der Waals surface area (Å²) in [6.07, 6.45) is 6.93. The molecule has 0 unspecified atom stereocenters. The lowest BCUT2D eigenvalue weighted by Crippen LogP contribution is -2.37. The van der Waals surface area contributed by atoms with Crippen LogP contribution >= 0.6 is 11.3 Å². The standard InChI is InChI=1S/C20H23N5O2S/c1-11-3-6-14(28-11)18-23-20(27-24-18)17-13-5-4-12(9-13)16(17)19(26)22-10-15-21-7-8-25(15)2/h3,6-8,12-13,16-17H,4-5,9-10H2,1-2H3,(H,22,26)/t12-,13+,16-,17-/m0/s1. The Morgan fingerprint density at radius 1 is 1.36 bits per heavy atom. The van der Waals surface area contributed by atoms with Crippen LogP contribution in [0.4, 0.5) is 0 Å². The Bertz CT molecular complexity index is 1010. The van der Waals surface area contributed by atoms with Crippen LogP contribution in [-0.2, 0) is 18.4 Å². The third-order valence-electron chi connectivity index (χ3n) is 6.25. The van der Waals surface area contributed by atoms with Gasteiger partial charge >= 0.3 is 0 Å². The number of carbonyl (C=O) groups excluding carboxylic acids is 1. The summed E-state index contributed by atoms with van der Waals surface area (Å²) in [5, 5.41) is 7.28. The first kappa shape index (κ1) is 17.6. The van der Waals surface area contributed by atoms with Crippen molar-refractivity contribution in [3.05, 3.63) is 41.1 Å². The second-order valence-electron chi connectivity index (χ2n) is 7.92. The van der Waals surface area contributed by atoms with Gasteiger partial charge in [-0.3, -0.25) is 4.79 Å². The number of thiophene rings is 1.